The highest BCUT2D eigenvalue weighted by molar-refractivity contribution is 6.33. The van der Waals surface area contributed by atoms with Crippen LogP contribution in [0.3, 0.4) is 0 Å². The van der Waals surface area contributed by atoms with E-state index in [1.54, 1.807) is 28.9 Å². The van der Waals surface area contributed by atoms with Crippen molar-refractivity contribution in [2.24, 2.45) is 0 Å². The zero-order valence-corrected chi connectivity index (χ0v) is 16.1. The van der Waals surface area contributed by atoms with Crippen LogP contribution in [0.4, 0.5) is 0 Å². The molecule has 0 saturated carbocycles. The second-order valence-electron chi connectivity index (χ2n) is 6.07. The number of benzene rings is 2. The lowest BCUT2D eigenvalue weighted by atomic mass is 10.1. The van der Waals surface area contributed by atoms with Crippen molar-refractivity contribution >= 4 is 29.1 Å². The van der Waals surface area contributed by atoms with Gasteiger partial charge in [-0.2, -0.15) is 5.10 Å². The topological polar surface area (TPSA) is 46.9 Å². The highest BCUT2D eigenvalue weighted by Crippen LogP contribution is 2.28. The van der Waals surface area contributed by atoms with Crippen LogP contribution in [-0.2, 0) is 0 Å². The fraction of sp³-hybridized carbons (Fsp3) is 0.200. The number of nitrogens with one attached hydrogen (secondary N) is 1. The largest absolute Gasteiger partial charge is 0.348 e. The van der Waals surface area contributed by atoms with Gasteiger partial charge in [-0.3, -0.25) is 4.79 Å². The minimum absolute atomic E-state index is 0.0693. The van der Waals surface area contributed by atoms with E-state index in [4.69, 9.17) is 23.2 Å². The number of hydrogen-bond acceptors (Lipinski definition) is 2. The zero-order chi connectivity index (χ0) is 18.7. The number of amides is 1. The fourth-order valence-corrected chi connectivity index (χ4v) is 2.88. The highest BCUT2D eigenvalue weighted by atomic mass is 35.5. The van der Waals surface area contributed by atoms with Gasteiger partial charge >= 0.3 is 0 Å². The Morgan fingerprint density at radius 1 is 1.15 bits per heavy atom. The Morgan fingerprint density at radius 3 is 2.50 bits per heavy atom. The van der Waals surface area contributed by atoms with Crippen molar-refractivity contribution < 1.29 is 4.79 Å². The first-order chi connectivity index (χ1) is 12.5. The Bertz CT molecular complexity index is 919. The Labute approximate surface area is 162 Å². The predicted molar refractivity (Wildman–Crippen MR) is 106 cm³/mol. The molecule has 0 fully saturated rings. The van der Waals surface area contributed by atoms with E-state index >= 15 is 0 Å². The first-order valence-electron chi connectivity index (χ1n) is 8.41. The average Bonchev–Trinajstić information content (AvgIpc) is 3.08. The number of aromatic nitrogens is 2. The normalized spacial score (nSPS) is 12.0. The van der Waals surface area contributed by atoms with E-state index in [0.717, 1.165) is 17.7 Å². The van der Waals surface area contributed by atoms with Crippen molar-refractivity contribution in [3.63, 3.8) is 0 Å². The summed E-state index contributed by atoms with van der Waals surface area (Å²) < 4.78 is 1.62. The van der Waals surface area contributed by atoms with Crippen molar-refractivity contribution in [3.05, 3.63) is 70.3 Å². The van der Waals surface area contributed by atoms with Crippen molar-refractivity contribution in [1.29, 1.82) is 0 Å². The number of carbonyl (C=O) groups excluding carboxylic acids is 1. The summed E-state index contributed by atoms with van der Waals surface area (Å²) in [5.74, 6) is -0.180. The molecule has 1 heterocycles. The molecule has 1 unspecified atom stereocenters. The van der Waals surface area contributed by atoms with Gasteiger partial charge in [-0.15, -0.1) is 0 Å². The molecule has 2 aromatic carbocycles. The summed E-state index contributed by atoms with van der Waals surface area (Å²) in [6, 6.07) is 16.4. The van der Waals surface area contributed by atoms with Gasteiger partial charge in [-0.05, 0) is 49.7 Å². The van der Waals surface area contributed by atoms with E-state index in [-0.39, 0.29) is 11.9 Å². The van der Waals surface area contributed by atoms with Gasteiger partial charge in [-0.25, -0.2) is 4.68 Å². The van der Waals surface area contributed by atoms with E-state index in [9.17, 15) is 4.79 Å². The monoisotopic (exact) mass is 387 g/mol. The van der Waals surface area contributed by atoms with E-state index < -0.39 is 0 Å². The highest BCUT2D eigenvalue weighted by Gasteiger charge is 2.19. The fourth-order valence-electron chi connectivity index (χ4n) is 2.52. The van der Waals surface area contributed by atoms with E-state index in [0.29, 0.717) is 21.4 Å². The van der Waals surface area contributed by atoms with Crippen LogP contribution in [0, 0.1) is 0 Å². The molecule has 134 valence electrons. The molecule has 1 amide bonds. The summed E-state index contributed by atoms with van der Waals surface area (Å²) in [5, 5.41) is 8.82. The summed E-state index contributed by atoms with van der Waals surface area (Å²) >= 11 is 12.3. The molecule has 3 aromatic rings. The van der Waals surface area contributed by atoms with Gasteiger partial charge < -0.3 is 5.32 Å². The molecule has 0 aliphatic carbocycles. The number of hydrogen-bond donors (Lipinski definition) is 1. The van der Waals surface area contributed by atoms with Gasteiger partial charge in [-0.1, -0.05) is 48.3 Å². The van der Waals surface area contributed by atoms with Crippen LogP contribution in [0.1, 0.15) is 30.8 Å². The second-order valence-corrected chi connectivity index (χ2v) is 6.91. The quantitative estimate of drug-likeness (QED) is 0.638. The Hall–Kier alpha value is -2.30. The summed E-state index contributed by atoms with van der Waals surface area (Å²) in [6.07, 6.45) is 0.845. The maximum absolute atomic E-state index is 12.8. The molecule has 0 spiro atoms. The second kappa shape index (κ2) is 7.94. The lowest BCUT2D eigenvalue weighted by Crippen LogP contribution is -2.33. The Balaban J connectivity index is 2.10. The van der Waals surface area contributed by atoms with Crippen LogP contribution in [0.5, 0.6) is 0 Å². The third kappa shape index (κ3) is 3.92. The summed E-state index contributed by atoms with van der Waals surface area (Å²) in [6.45, 7) is 3.99. The molecule has 1 atom stereocenters. The van der Waals surface area contributed by atoms with Crippen LogP contribution in [0.25, 0.3) is 16.9 Å². The van der Waals surface area contributed by atoms with Gasteiger partial charge in [0, 0.05) is 16.6 Å². The first kappa shape index (κ1) is 18.5. The molecule has 1 aromatic heterocycles. The maximum Gasteiger partial charge on any atom is 0.270 e. The van der Waals surface area contributed by atoms with Crippen molar-refractivity contribution in [3.8, 4) is 16.9 Å². The number of rotatable bonds is 5. The number of nitrogens with zero attached hydrogens (tertiary/aromatic N) is 2. The molecule has 3 rings (SSSR count). The molecule has 26 heavy (non-hydrogen) atoms. The molecule has 0 bridgehead atoms. The molecule has 4 nitrogen and oxygen atoms in total. The third-order valence-electron chi connectivity index (χ3n) is 4.15. The molecule has 0 saturated heterocycles. The third-order valence-corrected chi connectivity index (χ3v) is 4.73. The molecular weight excluding hydrogens is 369 g/mol. The zero-order valence-electron chi connectivity index (χ0n) is 14.5. The van der Waals surface area contributed by atoms with Gasteiger partial charge in [0.25, 0.3) is 5.91 Å². The first-order valence-corrected chi connectivity index (χ1v) is 9.17. The van der Waals surface area contributed by atoms with Gasteiger partial charge in [0.05, 0.1) is 16.4 Å². The smallest absolute Gasteiger partial charge is 0.270 e. The summed E-state index contributed by atoms with van der Waals surface area (Å²) in [4.78, 5) is 12.8. The molecule has 1 N–H and O–H groups in total. The van der Waals surface area contributed by atoms with Crippen molar-refractivity contribution in [1.82, 2.24) is 15.1 Å². The molecule has 0 aliphatic rings. The minimum atomic E-state index is -0.180. The minimum Gasteiger partial charge on any atom is -0.348 e. The van der Waals surface area contributed by atoms with Crippen LogP contribution in [0.15, 0.2) is 54.6 Å². The van der Waals surface area contributed by atoms with Crippen molar-refractivity contribution in [2.75, 3.05) is 0 Å². The lowest BCUT2D eigenvalue weighted by molar-refractivity contribution is 0.0931. The summed E-state index contributed by atoms with van der Waals surface area (Å²) in [7, 11) is 0. The van der Waals surface area contributed by atoms with Gasteiger partial charge in [0.2, 0.25) is 0 Å². The average molecular weight is 388 g/mol. The lowest BCUT2D eigenvalue weighted by Gasteiger charge is -2.12. The van der Waals surface area contributed by atoms with Gasteiger partial charge in [0.1, 0.15) is 5.69 Å². The Morgan fingerprint density at radius 2 is 1.85 bits per heavy atom. The van der Waals surface area contributed by atoms with Crippen LogP contribution in [0.2, 0.25) is 10.0 Å². The van der Waals surface area contributed by atoms with Crippen LogP contribution >= 0.6 is 23.2 Å². The van der Waals surface area contributed by atoms with E-state index in [1.807, 2.05) is 44.2 Å². The number of halogens is 2. The SMILES string of the molecule is CCC(C)NC(=O)c1cc(-c2ccccc2Cl)nn1-c1ccc(Cl)cc1. The van der Waals surface area contributed by atoms with Crippen LogP contribution < -0.4 is 5.32 Å². The predicted octanol–water partition coefficient (Wildman–Crippen LogP) is 5.37. The molecule has 0 radical (unpaired) electrons. The molecule has 6 heteroatoms. The molecule has 0 aliphatic heterocycles. The van der Waals surface area contributed by atoms with Crippen LogP contribution in [-0.4, -0.2) is 21.7 Å². The van der Waals surface area contributed by atoms with Gasteiger partial charge in [0.15, 0.2) is 0 Å². The van der Waals surface area contributed by atoms with Crippen molar-refractivity contribution in [2.45, 2.75) is 26.3 Å². The van der Waals surface area contributed by atoms with E-state index in [1.165, 1.54) is 0 Å². The maximum atomic E-state index is 12.8. The van der Waals surface area contributed by atoms with E-state index in [2.05, 4.69) is 10.4 Å². The number of carbonyl (C=O) groups is 1. The standard InChI is InChI=1S/C20H19Cl2N3O/c1-3-13(2)23-20(26)19-12-18(16-6-4-5-7-17(16)22)24-25(19)15-10-8-14(21)9-11-15/h4-13H,3H2,1-2H3,(H,23,26). The molecular formula is C20H19Cl2N3O. The Kier molecular flexibility index (Phi) is 5.64. The summed E-state index contributed by atoms with van der Waals surface area (Å²) in [5.41, 5.74) is 2.61.